The molecule has 4 heteroatoms. The van der Waals surface area contributed by atoms with E-state index in [4.69, 9.17) is 21.6 Å². The van der Waals surface area contributed by atoms with Crippen LogP contribution >= 0.6 is 11.6 Å². The van der Waals surface area contributed by atoms with Crippen LogP contribution in [0, 0.1) is 18.3 Å². The van der Waals surface area contributed by atoms with Crippen molar-refractivity contribution in [3.05, 3.63) is 28.8 Å². The molecule has 0 aromatic heterocycles. The fourth-order valence-corrected chi connectivity index (χ4v) is 1.52. The van der Waals surface area contributed by atoms with Gasteiger partial charge >= 0.3 is 0 Å². The summed E-state index contributed by atoms with van der Waals surface area (Å²) in [5.41, 5.74) is 1.38. The van der Waals surface area contributed by atoms with Gasteiger partial charge in [0, 0.05) is 0 Å². The van der Waals surface area contributed by atoms with Gasteiger partial charge in [0.05, 0.1) is 24.1 Å². The minimum absolute atomic E-state index is 0.158. The Morgan fingerprint density at radius 3 is 2.73 bits per heavy atom. The average Bonchev–Trinajstić information content (AvgIpc) is 2.27. The van der Waals surface area contributed by atoms with Crippen LogP contribution in [-0.2, 0) is 0 Å². The number of alkyl halides is 1. The van der Waals surface area contributed by atoms with Crippen molar-refractivity contribution in [1.82, 2.24) is 0 Å². The topological polar surface area (TPSA) is 50.1 Å². The SMILES string of the molecule is COc1c(C)ccc(C#N)c1C(=O)CCl. The zero-order chi connectivity index (χ0) is 11.4. The van der Waals surface area contributed by atoms with Gasteiger partial charge < -0.3 is 4.74 Å². The summed E-state index contributed by atoms with van der Waals surface area (Å²) in [6.07, 6.45) is 0. The quantitative estimate of drug-likeness (QED) is 0.584. The fraction of sp³-hybridized carbons (Fsp3) is 0.273. The Bertz CT molecular complexity index is 435. The molecule has 3 nitrogen and oxygen atoms in total. The number of nitriles is 1. The molecule has 78 valence electrons. The number of carbonyl (C=O) groups is 1. The number of aryl methyl sites for hydroxylation is 1. The van der Waals surface area contributed by atoms with Crippen LogP contribution in [-0.4, -0.2) is 18.8 Å². The molecule has 0 saturated carbocycles. The van der Waals surface area contributed by atoms with E-state index in [9.17, 15) is 4.79 Å². The maximum absolute atomic E-state index is 11.6. The van der Waals surface area contributed by atoms with E-state index < -0.39 is 0 Å². The normalized spacial score (nSPS) is 9.47. The van der Waals surface area contributed by atoms with Crippen LogP contribution in [0.5, 0.6) is 5.75 Å². The number of carbonyl (C=O) groups excluding carboxylic acids is 1. The summed E-state index contributed by atoms with van der Waals surface area (Å²) >= 11 is 5.48. The number of hydrogen-bond acceptors (Lipinski definition) is 3. The van der Waals surface area contributed by atoms with Crippen LogP contribution in [0.15, 0.2) is 12.1 Å². The van der Waals surface area contributed by atoms with Gasteiger partial charge in [0.1, 0.15) is 11.8 Å². The first-order chi connectivity index (χ1) is 7.15. The molecular weight excluding hydrogens is 214 g/mol. The third kappa shape index (κ3) is 2.11. The van der Waals surface area contributed by atoms with Crippen molar-refractivity contribution >= 4 is 17.4 Å². The van der Waals surface area contributed by atoms with Crippen molar-refractivity contribution in [3.8, 4) is 11.8 Å². The van der Waals surface area contributed by atoms with Crippen LogP contribution in [0.2, 0.25) is 0 Å². The zero-order valence-electron chi connectivity index (χ0n) is 8.50. The van der Waals surface area contributed by atoms with E-state index in [0.717, 1.165) is 5.56 Å². The number of rotatable bonds is 3. The van der Waals surface area contributed by atoms with E-state index in [1.807, 2.05) is 13.0 Å². The Hall–Kier alpha value is -1.53. The Labute approximate surface area is 93.2 Å². The lowest BCUT2D eigenvalue weighted by atomic mass is 10.0. The van der Waals surface area contributed by atoms with Gasteiger partial charge in [-0.15, -0.1) is 11.6 Å². The van der Waals surface area contributed by atoms with Crippen molar-refractivity contribution < 1.29 is 9.53 Å². The van der Waals surface area contributed by atoms with Gasteiger partial charge in [0.25, 0.3) is 0 Å². The van der Waals surface area contributed by atoms with Gasteiger partial charge in [-0.05, 0) is 18.6 Å². The molecule has 0 saturated heterocycles. The van der Waals surface area contributed by atoms with Crippen LogP contribution in [0.1, 0.15) is 21.5 Å². The molecule has 0 heterocycles. The highest BCUT2D eigenvalue weighted by molar-refractivity contribution is 6.31. The van der Waals surface area contributed by atoms with Crippen molar-refractivity contribution in [3.63, 3.8) is 0 Å². The number of methoxy groups -OCH3 is 1. The second-order valence-electron chi connectivity index (χ2n) is 3.01. The molecule has 0 unspecified atom stereocenters. The molecule has 0 spiro atoms. The lowest BCUT2D eigenvalue weighted by Gasteiger charge is -2.10. The predicted molar refractivity (Wildman–Crippen MR) is 57.5 cm³/mol. The van der Waals surface area contributed by atoms with Crippen molar-refractivity contribution in [2.75, 3.05) is 13.0 Å². The summed E-state index contributed by atoms with van der Waals surface area (Å²) in [5, 5.41) is 8.87. The number of ketones is 1. The smallest absolute Gasteiger partial charge is 0.182 e. The summed E-state index contributed by atoms with van der Waals surface area (Å²) in [4.78, 5) is 11.6. The molecule has 0 atom stereocenters. The van der Waals surface area contributed by atoms with Crippen molar-refractivity contribution in [1.29, 1.82) is 5.26 Å². The van der Waals surface area contributed by atoms with Crippen LogP contribution in [0.25, 0.3) is 0 Å². The van der Waals surface area contributed by atoms with Gasteiger partial charge in [-0.3, -0.25) is 4.79 Å². The highest BCUT2D eigenvalue weighted by atomic mass is 35.5. The molecule has 1 rings (SSSR count). The number of hydrogen-bond donors (Lipinski definition) is 0. The second-order valence-corrected chi connectivity index (χ2v) is 3.27. The minimum Gasteiger partial charge on any atom is -0.496 e. The molecule has 0 aliphatic carbocycles. The summed E-state index contributed by atoms with van der Waals surface area (Å²) in [5.74, 6) is -0.0254. The Morgan fingerprint density at radius 1 is 1.60 bits per heavy atom. The number of benzene rings is 1. The number of halogens is 1. The van der Waals surface area contributed by atoms with E-state index in [2.05, 4.69) is 0 Å². The first-order valence-corrected chi connectivity index (χ1v) is 4.86. The number of Topliss-reactive ketones (excluding diaryl/α,β-unsaturated/α-hetero) is 1. The molecular formula is C11H10ClNO2. The lowest BCUT2D eigenvalue weighted by molar-refractivity contribution is 0.101. The molecule has 1 aromatic rings. The third-order valence-corrected chi connectivity index (χ3v) is 2.32. The van der Waals surface area contributed by atoms with Gasteiger partial charge in [-0.2, -0.15) is 5.26 Å². The van der Waals surface area contributed by atoms with E-state index in [1.54, 1.807) is 12.1 Å². The third-order valence-electron chi connectivity index (χ3n) is 2.08. The van der Waals surface area contributed by atoms with Gasteiger partial charge in [0.2, 0.25) is 0 Å². The molecule has 15 heavy (non-hydrogen) atoms. The highest BCUT2D eigenvalue weighted by Crippen LogP contribution is 2.27. The lowest BCUT2D eigenvalue weighted by Crippen LogP contribution is -2.07. The molecule has 0 N–H and O–H groups in total. The Kier molecular flexibility index (Phi) is 3.70. The molecule has 0 amide bonds. The van der Waals surface area contributed by atoms with E-state index in [-0.39, 0.29) is 17.2 Å². The molecule has 0 bridgehead atoms. The van der Waals surface area contributed by atoms with E-state index in [1.165, 1.54) is 7.11 Å². The first kappa shape index (κ1) is 11.5. The second kappa shape index (κ2) is 4.81. The van der Waals surface area contributed by atoms with Crippen molar-refractivity contribution in [2.45, 2.75) is 6.92 Å². The minimum atomic E-state index is -0.297. The first-order valence-electron chi connectivity index (χ1n) is 4.32. The summed E-state index contributed by atoms with van der Waals surface area (Å²) in [6.45, 7) is 1.81. The number of nitrogens with zero attached hydrogens (tertiary/aromatic N) is 1. The van der Waals surface area contributed by atoms with E-state index in [0.29, 0.717) is 11.3 Å². The summed E-state index contributed by atoms with van der Waals surface area (Å²) in [7, 11) is 1.47. The summed E-state index contributed by atoms with van der Waals surface area (Å²) in [6, 6.07) is 5.29. The molecule has 0 radical (unpaired) electrons. The Balaban J connectivity index is 3.49. The number of ether oxygens (including phenoxy) is 1. The zero-order valence-corrected chi connectivity index (χ0v) is 9.26. The summed E-state index contributed by atoms with van der Waals surface area (Å²) < 4.78 is 5.11. The Morgan fingerprint density at radius 2 is 2.27 bits per heavy atom. The van der Waals surface area contributed by atoms with Crippen LogP contribution < -0.4 is 4.74 Å². The molecule has 0 aliphatic heterocycles. The van der Waals surface area contributed by atoms with Crippen molar-refractivity contribution in [2.24, 2.45) is 0 Å². The predicted octanol–water partition coefficient (Wildman–Crippen LogP) is 2.30. The standard InChI is InChI=1S/C11H10ClNO2/c1-7-3-4-8(6-13)10(9(14)5-12)11(7)15-2/h3-4H,5H2,1-2H3. The molecule has 0 aliphatic rings. The van der Waals surface area contributed by atoms with Crippen LogP contribution in [0.3, 0.4) is 0 Å². The largest absolute Gasteiger partial charge is 0.496 e. The van der Waals surface area contributed by atoms with Gasteiger partial charge in [-0.25, -0.2) is 0 Å². The van der Waals surface area contributed by atoms with Gasteiger partial charge in [-0.1, -0.05) is 6.07 Å². The maximum Gasteiger partial charge on any atom is 0.182 e. The van der Waals surface area contributed by atoms with Gasteiger partial charge in [0.15, 0.2) is 5.78 Å². The van der Waals surface area contributed by atoms with E-state index >= 15 is 0 Å². The van der Waals surface area contributed by atoms with Crippen LogP contribution in [0.4, 0.5) is 0 Å². The fourth-order valence-electron chi connectivity index (χ4n) is 1.39. The average molecular weight is 224 g/mol. The monoisotopic (exact) mass is 223 g/mol. The molecule has 1 aromatic carbocycles. The highest BCUT2D eigenvalue weighted by Gasteiger charge is 2.18. The molecule has 0 fully saturated rings. The maximum atomic E-state index is 11.6.